The fourth-order valence-corrected chi connectivity index (χ4v) is 3.01. The number of halogens is 1. The summed E-state index contributed by atoms with van der Waals surface area (Å²) in [6.07, 6.45) is 0. The Balaban J connectivity index is 2.51. The van der Waals surface area contributed by atoms with Crippen LogP contribution >= 0.6 is 0 Å². The zero-order valence-electron chi connectivity index (χ0n) is 19.0. The molecule has 0 aliphatic carbocycles. The lowest BCUT2D eigenvalue weighted by Gasteiger charge is -2.19. The molecule has 172 valence electrons. The molecule has 0 spiro atoms. The molecule has 2 rings (SSSR count). The number of rotatable bonds is 7. The molecule has 2 aromatic rings. The van der Waals surface area contributed by atoms with E-state index in [9.17, 15) is 18.8 Å². The number of carbonyl (C=O) groups is 3. The van der Waals surface area contributed by atoms with E-state index in [2.05, 4.69) is 10.6 Å². The quantitative estimate of drug-likeness (QED) is 0.526. The first kappa shape index (κ1) is 25.0. The molecule has 0 aliphatic heterocycles. The standard InChI is InChI=1S/C24H30FN3O4/c1-13(11-29)28-23(32)16-9-18(14(2)20(25)10-16)17-7-6-15(8-19(17)21(26)30)22(31)27-12-24(3,4)5/h6-10,13,29H,11-12H2,1-5H3,(H2,26,30)(H,27,31)(H,28,32)/t13-/m0/s1. The predicted molar refractivity (Wildman–Crippen MR) is 121 cm³/mol. The van der Waals surface area contributed by atoms with Crippen molar-refractivity contribution in [3.63, 3.8) is 0 Å². The molecule has 5 N–H and O–H groups in total. The van der Waals surface area contributed by atoms with E-state index in [1.165, 1.54) is 31.2 Å². The zero-order chi connectivity index (χ0) is 24.2. The lowest BCUT2D eigenvalue weighted by atomic mass is 9.91. The van der Waals surface area contributed by atoms with Gasteiger partial charge in [-0.05, 0) is 60.2 Å². The molecule has 8 heteroatoms. The summed E-state index contributed by atoms with van der Waals surface area (Å²) < 4.78 is 14.6. The predicted octanol–water partition coefficient (Wildman–Crippen LogP) is 2.79. The van der Waals surface area contributed by atoms with Crippen molar-refractivity contribution < 1.29 is 23.9 Å². The highest BCUT2D eigenvalue weighted by Crippen LogP contribution is 2.30. The average molecular weight is 444 g/mol. The molecule has 32 heavy (non-hydrogen) atoms. The van der Waals surface area contributed by atoms with Crippen LogP contribution in [-0.4, -0.2) is 42.0 Å². The number of hydrogen-bond acceptors (Lipinski definition) is 4. The smallest absolute Gasteiger partial charge is 0.251 e. The van der Waals surface area contributed by atoms with E-state index in [4.69, 9.17) is 10.8 Å². The molecule has 3 amide bonds. The van der Waals surface area contributed by atoms with E-state index < -0.39 is 23.7 Å². The molecule has 2 aromatic carbocycles. The van der Waals surface area contributed by atoms with Crippen LogP contribution in [0.4, 0.5) is 4.39 Å². The second kappa shape index (κ2) is 9.91. The van der Waals surface area contributed by atoms with Gasteiger partial charge in [0, 0.05) is 29.3 Å². The molecular formula is C24H30FN3O4. The largest absolute Gasteiger partial charge is 0.394 e. The maximum absolute atomic E-state index is 14.6. The number of primary amides is 1. The Labute approximate surface area is 187 Å². The number of aliphatic hydroxyl groups excluding tert-OH is 1. The topological polar surface area (TPSA) is 122 Å². The monoisotopic (exact) mass is 443 g/mol. The summed E-state index contributed by atoms with van der Waals surface area (Å²) in [7, 11) is 0. The van der Waals surface area contributed by atoms with Crippen molar-refractivity contribution in [1.29, 1.82) is 0 Å². The van der Waals surface area contributed by atoms with Gasteiger partial charge in [0.2, 0.25) is 5.91 Å². The minimum atomic E-state index is -0.783. The van der Waals surface area contributed by atoms with Crippen molar-refractivity contribution in [2.24, 2.45) is 11.1 Å². The van der Waals surface area contributed by atoms with Gasteiger partial charge in [-0.15, -0.1) is 0 Å². The van der Waals surface area contributed by atoms with Crippen LogP contribution in [0.15, 0.2) is 30.3 Å². The minimum absolute atomic E-state index is 0.0332. The van der Waals surface area contributed by atoms with Crippen molar-refractivity contribution in [3.05, 3.63) is 58.4 Å². The Morgan fingerprint density at radius 2 is 1.72 bits per heavy atom. The summed E-state index contributed by atoms with van der Waals surface area (Å²) in [6, 6.07) is 6.45. The third kappa shape index (κ3) is 6.13. The molecule has 1 atom stereocenters. The summed E-state index contributed by atoms with van der Waals surface area (Å²) >= 11 is 0. The third-order valence-electron chi connectivity index (χ3n) is 4.87. The van der Waals surface area contributed by atoms with Crippen LogP contribution in [-0.2, 0) is 0 Å². The number of carbonyl (C=O) groups excluding carboxylic acids is 3. The van der Waals surface area contributed by atoms with Gasteiger partial charge >= 0.3 is 0 Å². The lowest BCUT2D eigenvalue weighted by Crippen LogP contribution is -2.35. The number of nitrogens with two attached hydrogens (primary N) is 1. The molecule has 0 radical (unpaired) electrons. The SMILES string of the molecule is Cc1c(F)cc(C(=O)N[C@@H](C)CO)cc1-c1ccc(C(=O)NCC(C)(C)C)cc1C(N)=O. The summed E-state index contributed by atoms with van der Waals surface area (Å²) in [5.41, 5.74) is 6.61. The maximum atomic E-state index is 14.6. The van der Waals surface area contributed by atoms with Crippen LogP contribution in [0.5, 0.6) is 0 Å². The normalized spacial score (nSPS) is 12.2. The van der Waals surface area contributed by atoms with E-state index >= 15 is 0 Å². The van der Waals surface area contributed by atoms with Crippen LogP contribution in [0.2, 0.25) is 0 Å². The van der Waals surface area contributed by atoms with Gasteiger partial charge in [-0.3, -0.25) is 14.4 Å². The number of hydrogen-bond donors (Lipinski definition) is 4. The van der Waals surface area contributed by atoms with E-state index in [1.807, 2.05) is 20.8 Å². The summed E-state index contributed by atoms with van der Waals surface area (Å²) in [6.45, 7) is 9.24. The van der Waals surface area contributed by atoms with Gasteiger partial charge in [-0.2, -0.15) is 0 Å². The third-order valence-corrected chi connectivity index (χ3v) is 4.87. The Morgan fingerprint density at radius 3 is 2.28 bits per heavy atom. The van der Waals surface area contributed by atoms with Gasteiger partial charge in [0.15, 0.2) is 0 Å². The highest BCUT2D eigenvalue weighted by Gasteiger charge is 2.20. The average Bonchev–Trinajstić information content (AvgIpc) is 2.72. The summed E-state index contributed by atoms with van der Waals surface area (Å²) in [5, 5.41) is 14.5. The second-order valence-corrected chi connectivity index (χ2v) is 9.06. The minimum Gasteiger partial charge on any atom is -0.394 e. The molecule has 0 aromatic heterocycles. The first-order chi connectivity index (χ1) is 14.8. The van der Waals surface area contributed by atoms with Crippen molar-refractivity contribution in [2.45, 2.75) is 40.7 Å². The van der Waals surface area contributed by atoms with E-state index in [1.54, 1.807) is 6.92 Å². The molecule has 0 heterocycles. The van der Waals surface area contributed by atoms with Crippen molar-refractivity contribution >= 4 is 17.7 Å². The Bertz CT molecular complexity index is 1040. The van der Waals surface area contributed by atoms with Crippen LogP contribution in [0.1, 0.15) is 64.3 Å². The van der Waals surface area contributed by atoms with Gasteiger partial charge in [-0.1, -0.05) is 26.8 Å². The highest BCUT2D eigenvalue weighted by atomic mass is 19.1. The molecule has 0 saturated heterocycles. The number of amides is 3. The van der Waals surface area contributed by atoms with Crippen molar-refractivity contribution in [3.8, 4) is 11.1 Å². The van der Waals surface area contributed by atoms with Gasteiger partial charge in [0.1, 0.15) is 5.82 Å². The fraction of sp³-hybridized carbons (Fsp3) is 0.375. The van der Waals surface area contributed by atoms with E-state index in [0.717, 1.165) is 6.07 Å². The van der Waals surface area contributed by atoms with Crippen LogP contribution in [0, 0.1) is 18.2 Å². The lowest BCUT2D eigenvalue weighted by molar-refractivity contribution is 0.0918. The zero-order valence-corrected chi connectivity index (χ0v) is 19.0. The Morgan fingerprint density at radius 1 is 1.06 bits per heavy atom. The van der Waals surface area contributed by atoms with Crippen LogP contribution in [0.3, 0.4) is 0 Å². The summed E-state index contributed by atoms with van der Waals surface area (Å²) in [4.78, 5) is 37.1. The molecule has 0 unspecified atom stereocenters. The van der Waals surface area contributed by atoms with Gasteiger partial charge in [0.25, 0.3) is 11.8 Å². The Hall–Kier alpha value is -3.26. The molecular weight excluding hydrogens is 413 g/mol. The van der Waals surface area contributed by atoms with Gasteiger partial charge in [0.05, 0.1) is 6.61 Å². The second-order valence-electron chi connectivity index (χ2n) is 9.06. The van der Waals surface area contributed by atoms with Crippen LogP contribution < -0.4 is 16.4 Å². The van der Waals surface area contributed by atoms with Gasteiger partial charge < -0.3 is 21.5 Å². The van der Waals surface area contributed by atoms with Crippen molar-refractivity contribution in [1.82, 2.24) is 10.6 Å². The van der Waals surface area contributed by atoms with Crippen molar-refractivity contribution in [2.75, 3.05) is 13.2 Å². The van der Waals surface area contributed by atoms with Gasteiger partial charge in [-0.25, -0.2) is 4.39 Å². The molecule has 0 saturated carbocycles. The summed E-state index contributed by atoms with van der Waals surface area (Å²) in [5.74, 6) is -2.34. The fourth-order valence-electron chi connectivity index (χ4n) is 3.01. The molecule has 0 aliphatic rings. The van der Waals surface area contributed by atoms with E-state index in [0.29, 0.717) is 17.7 Å². The number of nitrogens with one attached hydrogen (secondary N) is 2. The highest BCUT2D eigenvalue weighted by molar-refractivity contribution is 6.04. The Kier molecular flexibility index (Phi) is 7.74. The molecule has 0 fully saturated rings. The first-order valence-corrected chi connectivity index (χ1v) is 10.3. The number of aliphatic hydroxyl groups is 1. The first-order valence-electron chi connectivity index (χ1n) is 10.3. The van der Waals surface area contributed by atoms with E-state index in [-0.39, 0.29) is 40.2 Å². The van der Waals surface area contributed by atoms with Crippen LogP contribution in [0.25, 0.3) is 11.1 Å². The number of benzene rings is 2. The molecule has 7 nitrogen and oxygen atoms in total. The maximum Gasteiger partial charge on any atom is 0.251 e. The molecule has 0 bridgehead atoms.